The Hall–Kier alpha value is -2.69. The smallest absolute Gasteiger partial charge is 0.386 e. The van der Waals surface area contributed by atoms with Crippen LogP contribution in [-0.2, 0) is 9.53 Å². The zero-order valence-electron chi connectivity index (χ0n) is 10.6. The van der Waals surface area contributed by atoms with Crippen molar-refractivity contribution in [1.82, 2.24) is 8.75 Å². The molecular weight excluding hydrogens is 304 g/mol. The molecule has 0 aliphatic carbocycles. The molecule has 1 aromatic carbocycles. The van der Waals surface area contributed by atoms with Gasteiger partial charge in [0.05, 0.1) is 28.8 Å². The van der Waals surface area contributed by atoms with Crippen LogP contribution in [0.2, 0.25) is 0 Å². The molecule has 2 rings (SSSR count). The number of non-ortho nitro benzene ring substituents is 1. The number of rotatable bonds is 5. The molecule has 1 atom stereocenters. The lowest BCUT2D eigenvalue weighted by Gasteiger charge is -2.08. The summed E-state index contributed by atoms with van der Waals surface area (Å²) in [6.45, 7) is 1.50. The van der Waals surface area contributed by atoms with Crippen LogP contribution in [0.15, 0.2) is 12.1 Å². The lowest BCUT2D eigenvalue weighted by Crippen LogP contribution is -2.23. The van der Waals surface area contributed by atoms with E-state index in [9.17, 15) is 25.0 Å². The van der Waals surface area contributed by atoms with Crippen LogP contribution >= 0.6 is 11.7 Å². The first-order valence-corrected chi connectivity index (χ1v) is 6.40. The molecule has 0 spiro atoms. The Morgan fingerprint density at radius 3 is 2.57 bits per heavy atom. The van der Waals surface area contributed by atoms with Crippen molar-refractivity contribution >= 4 is 34.4 Å². The van der Waals surface area contributed by atoms with Crippen molar-refractivity contribution in [2.24, 2.45) is 0 Å². The van der Waals surface area contributed by atoms with E-state index in [0.717, 1.165) is 12.1 Å². The fourth-order valence-electron chi connectivity index (χ4n) is 1.79. The van der Waals surface area contributed by atoms with Gasteiger partial charge in [-0.15, -0.1) is 0 Å². The zero-order chi connectivity index (χ0) is 15.6. The maximum atomic E-state index is 11.7. The highest BCUT2D eigenvalue weighted by atomic mass is 32.1. The van der Waals surface area contributed by atoms with Gasteiger partial charge < -0.3 is 4.74 Å². The fourth-order valence-corrected chi connectivity index (χ4v) is 2.36. The first-order chi connectivity index (χ1) is 9.97. The number of fused-ring (bicyclic) bond motifs is 1. The van der Waals surface area contributed by atoms with Gasteiger partial charge in [0.1, 0.15) is 5.52 Å². The Bertz CT molecular complexity index is 729. The number of nitro benzene ring substituents is 1. The molecule has 10 nitrogen and oxygen atoms in total. The fraction of sp³-hybridized carbons (Fsp3) is 0.300. The summed E-state index contributed by atoms with van der Waals surface area (Å²) in [5, 5.41) is 22.0. The molecule has 0 bridgehead atoms. The lowest BCUT2D eigenvalue weighted by molar-refractivity contribution is -0.516. The molecule has 0 aliphatic heterocycles. The number of carbonyl (C=O) groups excluding carboxylic acids is 1. The molecule has 110 valence electrons. The summed E-state index contributed by atoms with van der Waals surface area (Å²) in [6.07, 6.45) is 0. The molecule has 0 N–H and O–H groups in total. The summed E-state index contributed by atoms with van der Waals surface area (Å²) in [5.41, 5.74) is -0.524. The third kappa shape index (κ3) is 2.63. The molecule has 0 saturated carbocycles. The van der Waals surface area contributed by atoms with Crippen LogP contribution in [0.25, 0.3) is 11.0 Å². The highest BCUT2D eigenvalue weighted by molar-refractivity contribution is 7.00. The molecule has 0 aliphatic rings. The predicted octanol–water partition coefficient (Wildman–Crippen LogP) is 1.48. The summed E-state index contributed by atoms with van der Waals surface area (Å²) in [4.78, 5) is 32.2. The SMILES string of the molecule is CCOC(=O)C(c1ccc([N+](=O)[O-])c2nsnc12)[N+](=O)[O-]. The van der Waals surface area contributed by atoms with Gasteiger partial charge in [0, 0.05) is 11.0 Å². The average molecular weight is 312 g/mol. The number of hydrogen-bond donors (Lipinski definition) is 0. The quantitative estimate of drug-likeness (QED) is 0.459. The third-order valence-electron chi connectivity index (χ3n) is 2.64. The van der Waals surface area contributed by atoms with E-state index in [1.165, 1.54) is 6.92 Å². The normalized spacial score (nSPS) is 12.0. The van der Waals surface area contributed by atoms with Crippen molar-refractivity contribution in [3.63, 3.8) is 0 Å². The second-order valence-electron chi connectivity index (χ2n) is 3.83. The Labute approximate surface area is 121 Å². The first kappa shape index (κ1) is 14.7. The van der Waals surface area contributed by atoms with Crippen LogP contribution < -0.4 is 0 Å². The molecule has 1 unspecified atom stereocenters. The van der Waals surface area contributed by atoms with Gasteiger partial charge in [0.2, 0.25) is 0 Å². The van der Waals surface area contributed by atoms with Gasteiger partial charge in [-0.1, -0.05) is 0 Å². The van der Waals surface area contributed by atoms with E-state index >= 15 is 0 Å². The molecule has 1 aromatic heterocycles. The highest BCUT2D eigenvalue weighted by Gasteiger charge is 2.37. The van der Waals surface area contributed by atoms with Crippen LogP contribution in [0, 0.1) is 20.2 Å². The van der Waals surface area contributed by atoms with Gasteiger partial charge in [-0.2, -0.15) is 8.75 Å². The van der Waals surface area contributed by atoms with E-state index in [-0.39, 0.29) is 28.9 Å². The van der Waals surface area contributed by atoms with Crippen LogP contribution in [0.3, 0.4) is 0 Å². The Kier molecular flexibility index (Phi) is 4.03. The lowest BCUT2D eigenvalue weighted by atomic mass is 10.0. The number of nitrogens with zero attached hydrogens (tertiary/aromatic N) is 4. The number of carbonyl (C=O) groups is 1. The number of nitro groups is 2. The third-order valence-corrected chi connectivity index (χ3v) is 3.17. The first-order valence-electron chi connectivity index (χ1n) is 5.67. The highest BCUT2D eigenvalue weighted by Crippen LogP contribution is 2.31. The Morgan fingerprint density at radius 2 is 2.00 bits per heavy atom. The molecule has 0 fully saturated rings. The van der Waals surface area contributed by atoms with Crippen molar-refractivity contribution < 1.29 is 19.4 Å². The second-order valence-corrected chi connectivity index (χ2v) is 4.36. The summed E-state index contributed by atoms with van der Waals surface area (Å²) >= 11 is 0.674. The summed E-state index contributed by atoms with van der Waals surface area (Å²) < 4.78 is 12.2. The Balaban J connectivity index is 2.62. The van der Waals surface area contributed by atoms with Crippen LogP contribution in [0.5, 0.6) is 0 Å². The van der Waals surface area contributed by atoms with E-state index in [1.807, 2.05) is 0 Å². The van der Waals surface area contributed by atoms with E-state index in [2.05, 4.69) is 13.5 Å². The minimum Gasteiger partial charge on any atom is -0.461 e. The molecule has 0 radical (unpaired) electrons. The van der Waals surface area contributed by atoms with E-state index in [0.29, 0.717) is 11.7 Å². The standard InChI is InChI=1S/C10H8N4O6S/c1-2-20-10(15)9(14(18)19)5-3-4-6(13(16)17)8-7(5)11-21-12-8/h3-4,9H,2H2,1H3. The summed E-state index contributed by atoms with van der Waals surface area (Å²) in [6, 6.07) is 0.401. The molecule has 2 aromatic rings. The van der Waals surface area contributed by atoms with E-state index < -0.39 is 21.9 Å². The molecule has 11 heteroatoms. The van der Waals surface area contributed by atoms with Crippen LogP contribution in [0.4, 0.5) is 5.69 Å². The van der Waals surface area contributed by atoms with Gasteiger partial charge in [-0.3, -0.25) is 20.2 Å². The van der Waals surface area contributed by atoms with Gasteiger partial charge in [0.15, 0.2) is 5.52 Å². The van der Waals surface area contributed by atoms with Crippen molar-refractivity contribution in [2.45, 2.75) is 13.0 Å². The monoisotopic (exact) mass is 312 g/mol. The van der Waals surface area contributed by atoms with E-state index in [4.69, 9.17) is 0 Å². The minimum atomic E-state index is -1.79. The molecule has 0 saturated heterocycles. The number of hydrogen-bond acceptors (Lipinski definition) is 9. The number of aromatic nitrogens is 2. The van der Waals surface area contributed by atoms with Gasteiger partial charge in [-0.05, 0) is 13.0 Å². The maximum Gasteiger partial charge on any atom is 0.386 e. The molecular formula is C10H8N4O6S. The van der Waals surface area contributed by atoms with Gasteiger partial charge >= 0.3 is 12.0 Å². The topological polar surface area (TPSA) is 138 Å². The van der Waals surface area contributed by atoms with Gasteiger partial charge in [0.25, 0.3) is 5.69 Å². The van der Waals surface area contributed by atoms with Crippen LogP contribution in [-0.4, -0.2) is 31.2 Å². The Morgan fingerprint density at radius 1 is 1.33 bits per heavy atom. The number of ether oxygens (including phenoxy) is 1. The average Bonchev–Trinajstić information content (AvgIpc) is 2.87. The minimum absolute atomic E-state index is 0.0192. The second kappa shape index (κ2) is 5.75. The van der Waals surface area contributed by atoms with Crippen molar-refractivity contribution in [2.75, 3.05) is 6.61 Å². The largest absolute Gasteiger partial charge is 0.461 e. The van der Waals surface area contributed by atoms with Crippen molar-refractivity contribution in [1.29, 1.82) is 0 Å². The molecule has 21 heavy (non-hydrogen) atoms. The van der Waals surface area contributed by atoms with E-state index in [1.54, 1.807) is 0 Å². The van der Waals surface area contributed by atoms with Crippen molar-refractivity contribution in [3.05, 3.63) is 37.9 Å². The van der Waals surface area contributed by atoms with Crippen LogP contribution in [0.1, 0.15) is 18.5 Å². The predicted molar refractivity (Wildman–Crippen MR) is 70.4 cm³/mol. The summed E-state index contributed by atoms with van der Waals surface area (Å²) in [7, 11) is 0. The zero-order valence-corrected chi connectivity index (χ0v) is 11.4. The molecule has 0 amide bonds. The maximum absolute atomic E-state index is 11.7. The molecule has 1 heterocycles. The van der Waals surface area contributed by atoms with Crippen molar-refractivity contribution in [3.8, 4) is 0 Å². The number of benzene rings is 1. The number of esters is 1. The summed E-state index contributed by atoms with van der Waals surface area (Å²) in [5.74, 6) is -1.05. The van der Waals surface area contributed by atoms with Gasteiger partial charge in [-0.25, -0.2) is 4.79 Å².